The van der Waals surface area contributed by atoms with Gasteiger partial charge in [-0.05, 0) is 24.6 Å². The molecule has 0 amide bonds. The van der Waals surface area contributed by atoms with Crippen molar-refractivity contribution in [3.63, 3.8) is 0 Å². The molecule has 0 N–H and O–H groups in total. The number of hydrogen-bond donors (Lipinski definition) is 0. The number of hydrogen-bond acceptors (Lipinski definition) is 2. The molecule has 2 heterocycles. The molecule has 0 bridgehead atoms. The molecule has 0 aliphatic heterocycles. The van der Waals surface area contributed by atoms with Crippen LogP contribution >= 0.6 is 0 Å². The number of benzene rings is 1. The third-order valence-corrected chi connectivity index (χ3v) is 3.23. The molecule has 5 heteroatoms. The smallest absolute Gasteiger partial charge is 0.227 e. The van der Waals surface area contributed by atoms with Gasteiger partial charge in [0.1, 0.15) is 5.52 Å². The van der Waals surface area contributed by atoms with Crippen molar-refractivity contribution in [2.75, 3.05) is 0 Å². The molecule has 0 aliphatic carbocycles. The van der Waals surface area contributed by atoms with E-state index in [0.29, 0.717) is 10.9 Å². The fourth-order valence-electron chi connectivity index (χ4n) is 2.32. The van der Waals surface area contributed by atoms with Crippen molar-refractivity contribution < 1.29 is 13.6 Å². The van der Waals surface area contributed by atoms with Crippen LogP contribution < -0.4 is 0 Å². The number of halogens is 2. The van der Waals surface area contributed by atoms with E-state index in [0.717, 1.165) is 17.0 Å². The van der Waals surface area contributed by atoms with Crippen LogP contribution in [0.3, 0.4) is 0 Å². The van der Waals surface area contributed by atoms with Crippen LogP contribution in [0.2, 0.25) is 0 Å². The summed E-state index contributed by atoms with van der Waals surface area (Å²) < 4.78 is 28.4. The Morgan fingerprint density at radius 2 is 2.00 bits per heavy atom. The summed E-state index contributed by atoms with van der Waals surface area (Å²) in [6.07, 6.45) is 3.14. The number of carbonyl (C=O) groups excluding carboxylic acids is 1. The van der Waals surface area contributed by atoms with E-state index in [1.165, 1.54) is 23.8 Å². The molecule has 19 heavy (non-hydrogen) atoms. The van der Waals surface area contributed by atoms with Crippen molar-refractivity contribution in [1.82, 2.24) is 9.55 Å². The third kappa shape index (κ3) is 1.54. The van der Waals surface area contributed by atoms with Gasteiger partial charge in [0.15, 0.2) is 11.6 Å². The van der Waals surface area contributed by atoms with Crippen LogP contribution in [-0.2, 0) is 0 Å². The Balaban J connectivity index is 2.59. The van der Waals surface area contributed by atoms with Gasteiger partial charge in [-0.1, -0.05) is 0 Å². The SMILES string of the molecule is CC(=O)n1cc(C)c2cnc3c(F)c(F)ccc3c21. The minimum Gasteiger partial charge on any atom is -0.286 e. The van der Waals surface area contributed by atoms with Gasteiger partial charge in [0.05, 0.1) is 5.52 Å². The van der Waals surface area contributed by atoms with Gasteiger partial charge >= 0.3 is 0 Å². The number of nitrogens with zero attached hydrogens (tertiary/aromatic N) is 2. The second-order valence-electron chi connectivity index (χ2n) is 4.48. The van der Waals surface area contributed by atoms with Crippen LogP contribution in [0.1, 0.15) is 17.3 Å². The van der Waals surface area contributed by atoms with Crippen molar-refractivity contribution in [1.29, 1.82) is 0 Å². The van der Waals surface area contributed by atoms with E-state index in [4.69, 9.17) is 0 Å². The summed E-state index contributed by atoms with van der Waals surface area (Å²) in [6, 6.07) is 2.49. The average molecular weight is 260 g/mol. The first-order chi connectivity index (χ1) is 9.00. The summed E-state index contributed by atoms with van der Waals surface area (Å²) in [5, 5.41) is 1.19. The lowest BCUT2D eigenvalue weighted by Gasteiger charge is -2.05. The second-order valence-corrected chi connectivity index (χ2v) is 4.48. The van der Waals surface area contributed by atoms with Crippen molar-refractivity contribution in [3.8, 4) is 0 Å². The van der Waals surface area contributed by atoms with E-state index >= 15 is 0 Å². The van der Waals surface area contributed by atoms with Gasteiger partial charge in [-0.2, -0.15) is 0 Å². The van der Waals surface area contributed by atoms with Gasteiger partial charge < -0.3 is 0 Å². The lowest BCUT2D eigenvalue weighted by Crippen LogP contribution is -2.04. The predicted octanol–water partition coefficient (Wildman–Crippen LogP) is 3.44. The molecule has 0 aliphatic rings. The maximum atomic E-state index is 13.7. The molecule has 3 aromatic rings. The summed E-state index contributed by atoms with van der Waals surface area (Å²) in [5.74, 6) is -2.12. The largest absolute Gasteiger partial charge is 0.286 e. The maximum absolute atomic E-state index is 13.7. The van der Waals surface area contributed by atoms with E-state index < -0.39 is 11.6 Å². The zero-order valence-electron chi connectivity index (χ0n) is 10.4. The molecule has 0 saturated heterocycles. The lowest BCUT2D eigenvalue weighted by atomic mass is 10.1. The average Bonchev–Trinajstić information content (AvgIpc) is 2.72. The Bertz CT molecular complexity index is 836. The molecule has 2 aromatic heterocycles. The number of pyridine rings is 1. The Hall–Kier alpha value is -2.30. The quantitative estimate of drug-likeness (QED) is 0.620. The highest BCUT2D eigenvalue weighted by Crippen LogP contribution is 2.29. The van der Waals surface area contributed by atoms with E-state index in [9.17, 15) is 13.6 Å². The van der Waals surface area contributed by atoms with Crippen LogP contribution in [0.25, 0.3) is 21.8 Å². The Kier molecular flexibility index (Phi) is 2.38. The maximum Gasteiger partial charge on any atom is 0.227 e. The van der Waals surface area contributed by atoms with Crippen molar-refractivity contribution in [2.24, 2.45) is 0 Å². The van der Waals surface area contributed by atoms with Gasteiger partial charge in [0.25, 0.3) is 0 Å². The fourth-order valence-corrected chi connectivity index (χ4v) is 2.32. The molecule has 0 fully saturated rings. The summed E-state index contributed by atoms with van der Waals surface area (Å²) in [6.45, 7) is 3.26. The highest BCUT2D eigenvalue weighted by Gasteiger charge is 2.16. The molecule has 0 saturated carbocycles. The fraction of sp³-hybridized carbons (Fsp3) is 0.143. The van der Waals surface area contributed by atoms with Crippen molar-refractivity contribution in [2.45, 2.75) is 13.8 Å². The van der Waals surface area contributed by atoms with Crippen LogP contribution in [-0.4, -0.2) is 15.5 Å². The molecule has 3 rings (SSSR count). The molecular weight excluding hydrogens is 250 g/mol. The summed E-state index contributed by atoms with van der Waals surface area (Å²) in [4.78, 5) is 15.6. The van der Waals surface area contributed by atoms with E-state index in [1.54, 1.807) is 6.20 Å². The molecule has 0 unspecified atom stereocenters. The first-order valence-corrected chi connectivity index (χ1v) is 5.76. The van der Waals surface area contributed by atoms with Crippen LogP contribution in [0.4, 0.5) is 8.78 Å². The van der Waals surface area contributed by atoms with Gasteiger partial charge in [-0.15, -0.1) is 0 Å². The molecule has 1 aromatic carbocycles. The Labute approximate surface area is 107 Å². The minimum absolute atomic E-state index is 0.0619. The van der Waals surface area contributed by atoms with Gasteiger partial charge in [-0.3, -0.25) is 14.3 Å². The van der Waals surface area contributed by atoms with Crippen LogP contribution in [0.5, 0.6) is 0 Å². The predicted molar refractivity (Wildman–Crippen MR) is 68.2 cm³/mol. The van der Waals surface area contributed by atoms with E-state index in [-0.39, 0.29) is 11.4 Å². The van der Waals surface area contributed by atoms with Gasteiger partial charge in [-0.25, -0.2) is 8.78 Å². The molecule has 96 valence electrons. The number of fused-ring (bicyclic) bond motifs is 3. The van der Waals surface area contributed by atoms with Gasteiger partial charge in [0.2, 0.25) is 5.91 Å². The van der Waals surface area contributed by atoms with Gasteiger partial charge in [0, 0.05) is 30.1 Å². The lowest BCUT2D eigenvalue weighted by molar-refractivity contribution is 0.0941. The normalized spacial score (nSPS) is 11.4. The zero-order valence-corrected chi connectivity index (χ0v) is 10.4. The van der Waals surface area contributed by atoms with Crippen molar-refractivity contribution in [3.05, 3.63) is 41.7 Å². The molecule has 3 nitrogen and oxygen atoms in total. The summed E-state index contributed by atoms with van der Waals surface area (Å²) in [5.41, 5.74) is 1.37. The summed E-state index contributed by atoms with van der Waals surface area (Å²) in [7, 11) is 0. The molecule has 0 spiro atoms. The Morgan fingerprint density at radius 3 is 2.68 bits per heavy atom. The topological polar surface area (TPSA) is 34.9 Å². The van der Waals surface area contributed by atoms with Crippen LogP contribution in [0.15, 0.2) is 24.5 Å². The number of carbonyl (C=O) groups is 1. The minimum atomic E-state index is -0.992. The number of aromatic nitrogens is 2. The first kappa shape index (κ1) is 11.8. The Morgan fingerprint density at radius 1 is 1.26 bits per heavy atom. The number of aryl methyl sites for hydroxylation is 1. The highest BCUT2D eigenvalue weighted by molar-refractivity contribution is 6.08. The number of rotatable bonds is 0. The first-order valence-electron chi connectivity index (χ1n) is 5.76. The molecular formula is C14H10F2N2O. The monoisotopic (exact) mass is 260 g/mol. The zero-order chi connectivity index (χ0) is 13.7. The van der Waals surface area contributed by atoms with Crippen molar-refractivity contribution >= 4 is 27.7 Å². The van der Waals surface area contributed by atoms with E-state index in [1.807, 2.05) is 6.92 Å². The molecule has 0 atom stereocenters. The standard InChI is InChI=1S/C14H10F2N2O/c1-7-6-18(8(2)19)14-9-3-4-11(15)12(16)13(9)17-5-10(7)14/h3-6H,1-2H3. The van der Waals surface area contributed by atoms with E-state index in [2.05, 4.69) is 4.98 Å². The second kappa shape index (κ2) is 3.85. The summed E-state index contributed by atoms with van der Waals surface area (Å²) >= 11 is 0. The third-order valence-electron chi connectivity index (χ3n) is 3.23. The highest BCUT2D eigenvalue weighted by atomic mass is 19.2. The molecule has 0 radical (unpaired) electrons. The van der Waals surface area contributed by atoms with Crippen LogP contribution in [0, 0.1) is 18.6 Å².